The average Bonchev–Trinajstić information content (AvgIpc) is 3.42. The van der Waals surface area contributed by atoms with Crippen molar-refractivity contribution < 1.29 is 0 Å². The Hall–Kier alpha value is -2.86. The van der Waals surface area contributed by atoms with E-state index in [9.17, 15) is 0 Å². The Balaban J connectivity index is 0.000000259. The summed E-state index contributed by atoms with van der Waals surface area (Å²) in [5.74, 6) is 2.50. The zero-order valence-electron chi connectivity index (χ0n) is 27.9. The van der Waals surface area contributed by atoms with Crippen molar-refractivity contribution in [3.8, 4) is 0 Å². The summed E-state index contributed by atoms with van der Waals surface area (Å²) in [5, 5.41) is 2.62. The minimum absolute atomic E-state index is 0.833. The molecule has 2 aliphatic carbocycles. The molecule has 0 spiro atoms. The molecule has 0 radical (unpaired) electrons. The van der Waals surface area contributed by atoms with Crippen LogP contribution in [-0.2, 0) is 25.7 Å². The van der Waals surface area contributed by atoms with Crippen LogP contribution in [0.2, 0.25) is 0 Å². The molecule has 0 N–H and O–H groups in total. The van der Waals surface area contributed by atoms with Crippen LogP contribution in [0.1, 0.15) is 104 Å². The Morgan fingerprint density at radius 1 is 0.317 bits per heavy atom. The molecule has 0 saturated heterocycles. The van der Waals surface area contributed by atoms with E-state index >= 15 is 0 Å². The third-order valence-corrected chi connectivity index (χ3v) is 5.93. The second kappa shape index (κ2) is 21.8. The monoisotopic (exact) mass is 552 g/mol. The fourth-order valence-corrected chi connectivity index (χ4v) is 4.32. The molecule has 0 nitrogen and oxygen atoms in total. The van der Waals surface area contributed by atoms with Crippen LogP contribution in [-0.4, -0.2) is 0 Å². The maximum atomic E-state index is 2.26. The van der Waals surface area contributed by atoms with Crippen LogP contribution in [0.5, 0.6) is 0 Å². The van der Waals surface area contributed by atoms with Crippen molar-refractivity contribution in [2.75, 3.05) is 0 Å². The molecule has 0 unspecified atom stereocenters. The molecule has 0 bridgehead atoms. The van der Waals surface area contributed by atoms with Crippen LogP contribution < -0.4 is 0 Å². The molecule has 0 fully saturated rings. The molecule has 4 aromatic carbocycles. The van der Waals surface area contributed by atoms with Gasteiger partial charge in [-0.15, -0.1) is 0 Å². The second-order valence-corrected chi connectivity index (χ2v) is 13.1. The molecule has 0 heterocycles. The van der Waals surface area contributed by atoms with Gasteiger partial charge in [0.15, 0.2) is 0 Å². The number of aryl methyl sites for hydroxylation is 4. The minimum atomic E-state index is 0.833. The van der Waals surface area contributed by atoms with Gasteiger partial charge >= 0.3 is 0 Å². The molecule has 2 aliphatic rings. The summed E-state index contributed by atoms with van der Waals surface area (Å²) in [7, 11) is 0. The summed E-state index contributed by atoms with van der Waals surface area (Å²) in [6.07, 6.45) is 9.34. The summed E-state index contributed by atoms with van der Waals surface area (Å²) >= 11 is 0. The summed E-state index contributed by atoms with van der Waals surface area (Å²) in [5.41, 5.74) is 6.29. The van der Waals surface area contributed by atoms with E-state index in [0.29, 0.717) is 0 Å². The van der Waals surface area contributed by atoms with E-state index in [-0.39, 0.29) is 0 Å². The summed E-state index contributed by atoms with van der Waals surface area (Å²) in [4.78, 5) is 0. The van der Waals surface area contributed by atoms with Gasteiger partial charge in [-0.25, -0.2) is 0 Å². The average molecular weight is 553 g/mol. The minimum Gasteiger partial charge on any atom is -0.0630 e. The number of fused-ring (bicyclic) bond motifs is 3. The van der Waals surface area contributed by atoms with Gasteiger partial charge in [-0.2, -0.15) is 0 Å². The first-order valence-corrected chi connectivity index (χ1v) is 16.2. The fourth-order valence-electron chi connectivity index (χ4n) is 4.32. The highest BCUT2D eigenvalue weighted by molar-refractivity contribution is 5.82. The first-order valence-electron chi connectivity index (χ1n) is 16.2. The van der Waals surface area contributed by atoms with Gasteiger partial charge in [0.1, 0.15) is 0 Å². The highest BCUT2D eigenvalue weighted by atomic mass is 14.1. The number of hydrogen-bond acceptors (Lipinski definition) is 0. The predicted molar refractivity (Wildman–Crippen MR) is 187 cm³/mol. The van der Waals surface area contributed by atoms with Crippen molar-refractivity contribution in [1.29, 1.82) is 0 Å². The lowest BCUT2D eigenvalue weighted by atomic mass is 9.92. The molecule has 41 heavy (non-hydrogen) atoms. The summed E-state index contributed by atoms with van der Waals surface area (Å²) in [6, 6.07) is 34.3. The van der Waals surface area contributed by atoms with Crippen LogP contribution in [0, 0.1) is 17.8 Å². The highest BCUT2D eigenvalue weighted by Crippen LogP contribution is 2.21. The molecule has 0 atom stereocenters. The van der Waals surface area contributed by atoms with E-state index in [1.54, 1.807) is 22.3 Å². The zero-order chi connectivity index (χ0) is 30.5. The van der Waals surface area contributed by atoms with Crippen molar-refractivity contribution in [2.24, 2.45) is 17.8 Å². The molecule has 4 aromatic rings. The van der Waals surface area contributed by atoms with Crippen molar-refractivity contribution in [1.82, 2.24) is 0 Å². The Morgan fingerprint density at radius 3 is 0.756 bits per heavy atom. The lowest BCUT2D eigenvalue weighted by Crippen LogP contribution is -2.00. The Kier molecular flexibility index (Phi) is 19.3. The van der Waals surface area contributed by atoms with Gasteiger partial charge in [-0.05, 0) is 95.7 Å². The van der Waals surface area contributed by atoms with Crippen LogP contribution in [0.3, 0.4) is 0 Å². The quantitative estimate of drug-likeness (QED) is 0.203. The van der Waals surface area contributed by atoms with Crippen LogP contribution >= 0.6 is 0 Å². The lowest BCUT2D eigenvalue weighted by Gasteiger charge is -2.13. The van der Waals surface area contributed by atoms with Gasteiger partial charge < -0.3 is 0 Å². The number of benzene rings is 4. The van der Waals surface area contributed by atoms with Crippen molar-refractivity contribution in [3.63, 3.8) is 0 Å². The molecule has 0 heteroatoms. The van der Waals surface area contributed by atoms with Gasteiger partial charge in [0.05, 0.1) is 0 Å². The van der Waals surface area contributed by atoms with Gasteiger partial charge in [0.2, 0.25) is 0 Å². The maximum absolute atomic E-state index is 2.26. The van der Waals surface area contributed by atoms with Crippen molar-refractivity contribution in [3.05, 3.63) is 119 Å². The van der Waals surface area contributed by atoms with Gasteiger partial charge in [-0.3, -0.25) is 0 Å². The van der Waals surface area contributed by atoms with E-state index in [1.807, 2.05) is 0 Å². The highest BCUT2D eigenvalue weighted by Gasteiger charge is 2.07. The van der Waals surface area contributed by atoms with Crippen molar-refractivity contribution >= 4 is 10.8 Å². The van der Waals surface area contributed by atoms with E-state index in [4.69, 9.17) is 0 Å². The van der Waals surface area contributed by atoms with E-state index in [1.165, 1.54) is 55.7 Å². The number of rotatable bonds is 0. The molecule has 6 rings (SSSR count). The first kappa shape index (κ1) is 36.2. The topological polar surface area (TPSA) is 0 Å². The smallest absolute Gasteiger partial charge is 0.0184 e. The third-order valence-electron chi connectivity index (χ3n) is 5.93. The normalized spacial score (nSPS) is 12.5. The first-order chi connectivity index (χ1) is 19.6. The standard InChI is InChI=1S/C10H12.C10H8.C9H10.3C4H10/c2*1-2-6-10-8-4-3-7-9(10)5-1;1-2-5-9-7-3-6-8(9)4-1;3*1-4(2)3/h1-2,5-6H,3-4,7-8H2;1-8H;1-2,4-5H,3,6-7H2;3*4H,1-3H3. The van der Waals surface area contributed by atoms with Crippen LogP contribution in [0.25, 0.3) is 10.8 Å². The predicted octanol–water partition coefficient (Wildman–Crippen LogP) is 12.6. The molecule has 224 valence electrons. The van der Waals surface area contributed by atoms with Gasteiger partial charge in [0.25, 0.3) is 0 Å². The maximum Gasteiger partial charge on any atom is -0.0184 e. The van der Waals surface area contributed by atoms with E-state index < -0.39 is 0 Å². The Bertz CT molecular complexity index is 1050. The third kappa shape index (κ3) is 18.2. The molecular weight excluding hydrogens is 492 g/mol. The van der Waals surface area contributed by atoms with Gasteiger partial charge in [-0.1, -0.05) is 159 Å². The molecule has 0 aliphatic heterocycles. The van der Waals surface area contributed by atoms with Crippen molar-refractivity contribution in [2.45, 2.75) is 107 Å². The molecular formula is C41H60. The Morgan fingerprint density at radius 2 is 0.512 bits per heavy atom. The van der Waals surface area contributed by atoms with E-state index in [0.717, 1.165) is 17.8 Å². The van der Waals surface area contributed by atoms with Crippen LogP contribution in [0.15, 0.2) is 97.1 Å². The van der Waals surface area contributed by atoms with E-state index in [2.05, 4.69) is 159 Å². The summed E-state index contributed by atoms with van der Waals surface area (Å²) in [6.45, 7) is 19.5. The molecule has 0 saturated carbocycles. The van der Waals surface area contributed by atoms with Crippen LogP contribution in [0.4, 0.5) is 0 Å². The SMILES string of the molecule is CC(C)C.CC(C)C.CC(C)C.c1ccc2c(c1)CCC2.c1ccc2c(c1)CCCC2.c1ccc2ccccc2c1. The van der Waals surface area contributed by atoms with Gasteiger partial charge in [0, 0.05) is 0 Å². The zero-order valence-corrected chi connectivity index (χ0v) is 27.9. The number of hydrogen-bond donors (Lipinski definition) is 0. The molecule has 0 amide bonds. The molecule has 0 aromatic heterocycles. The second-order valence-electron chi connectivity index (χ2n) is 13.1. The Labute approximate surface area is 254 Å². The largest absolute Gasteiger partial charge is 0.0630 e. The summed E-state index contributed by atoms with van der Waals surface area (Å²) < 4.78 is 0. The lowest BCUT2D eigenvalue weighted by molar-refractivity contribution is 0.685. The fraction of sp³-hybridized carbons (Fsp3) is 0.463.